The maximum absolute atomic E-state index is 15.0. The number of aliphatic hydroxyl groups is 1. The lowest BCUT2D eigenvalue weighted by Crippen LogP contribution is -2.60. The highest BCUT2D eigenvalue weighted by Gasteiger charge is 2.79. The number of hydrogen-bond acceptors (Lipinski definition) is 6. The van der Waals surface area contributed by atoms with Crippen molar-refractivity contribution < 1.29 is 29.0 Å². The topological polar surface area (TPSA) is 96.4 Å². The fourth-order valence-electron chi connectivity index (χ4n) is 7.76. The molecule has 3 fully saturated rings. The fourth-order valence-corrected chi connectivity index (χ4v) is 7.76. The van der Waals surface area contributed by atoms with E-state index in [1.807, 2.05) is 52.8 Å². The lowest BCUT2D eigenvalue weighted by molar-refractivity contribution is -0.162. The molecule has 0 saturated carbocycles. The van der Waals surface area contributed by atoms with E-state index in [2.05, 4.69) is 13.2 Å². The number of hydrogen-bond donors (Lipinski definition) is 1. The third-order valence-corrected chi connectivity index (χ3v) is 10.0. The number of unbranched alkanes of at least 4 members (excludes halogenated alkanes) is 1. The summed E-state index contributed by atoms with van der Waals surface area (Å²) in [5.74, 6) is -2.81. The zero-order valence-corrected chi connectivity index (χ0v) is 25.9. The number of amides is 2. The number of benzene rings is 1. The van der Waals surface area contributed by atoms with Crippen LogP contribution in [0.15, 0.2) is 43.5 Å². The predicted molar refractivity (Wildman–Crippen MR) is 163 cm³/mol. The van der Waals surface area contributed by atoms with Crippen LogP contribution in [-0.2, 0) is 23.9 Å². The molecule has 8 heteroatoms. The number of anilines is 1. The van der Waals surface area contributed by atoms with Gasteiger partial charge in [0.15, 0.2) is 0 Å². The number of para-hydroxylation sites is 1. The zero-order chi connectivity index (χ0) is 30.8. The van der Waals surface area contributed by atoms with Crippen LogP contribution < -0.4 is 4.90 Å². The fraction of sp³-hybridized carbons (Fsp3) is 0.618. The predicted octanol–water partition coefficient (Wildman–Crippen LogP) is 4.89. The van der Waals surface area contributed by atoms with Crippen molar-refractivity contribution >= 4 is 23.5 Å². The molecule has 3 aliphatic heterocycles. The molecular weight excluding hydrogens is 532 g/mol. The Morgan fingerprint density at radius 3 is 2.48 bits per heavy atom. The zero-order valence-electron chi connectivity index (χ0n) is 25.9. The standard InChI is InChI=1S/C34H48N2O6/c1-8-12-13-20-41-32(40)27-26-30(38)36(25(21-37)22(5)10-3)29(34(26)18-17-33(27,11-4)42-34)31(39)35(19-9-2)28-23(6)15-14-16-24(28)7/h8-9,14-16,22,25-27,29,37H,1-2,10-13,17-21H2,3-7H3/t22-,25-,26-,27+,29?,33-,34?/m0/s1. The molecule has 1 spiro atoms. The van der Waals surface area contributed by atoms with E-state index in [0.29, 0.717) is 38.5 Å². The molecule has 2 unspecified atom stereocenters. The Hall–Kier alpha value is -2.97. The molecule has 3 saturated heterocycles. The van der Waals surface area contributed by atoms with Crippen molar-refractivity contribution in [2.75, 3.05) is 24.7 Å². The number of likely N-dealkylation sites (tertiary alicyclic amines) is 1. The van der Waals surface area contributed by atoms with Crippen molar-refractivity contribution in [3.05, 3.63) is 54.6 Å². The second-order valence-corrected chi connectivity index (χ2v) is 12.3. The Morgan fingerprint density at radius 1 is 1.21 bits per heavy atom. The van der Waals surface area contributed by atoms with Crippen LogP contribution in [0.2, 0.25) is 0 Å². The first-order valence-corrected chi connectivity index (χ1v) is 15.5. The maximum Gasteiger partial charge on any atom is 0.312 e. The minimum Gasteiger partial charge on any atom is -0.465 e. The van der Waals surface area contributed by atoms with Crippen LogP contribution in [0.4, 0.5) is 5.69 Å². The van der Waals surface area contributed by atoms with Gasteiger partial charge in [0.05, 0.1) is 30.8 Å². The van der Waals surface area contributed by atoms with Crippen LogP contribution >= 0.6 is 0 Å². The van der Waals surface area contributed by atoms with E-state index in [1.165, 1.54) is 0 Å². The normalized spacial score (nSPS) is 29.2. The number of nitrogens with zero attached hydrogens (tertiary/aromatic N) is 2. The monoisotopic (exact) mass is 580 g/mol. The quantitative estimate of drug-likeness (QED) is 0.191. The Bertz CT molecular complexity index is 1190. The van der Waals surface area contributed by atoms with Crippen LogP contribution in [0.3, 0.4) is 0 Å². The van der Waals surface area contributed by atoms with E-state index in [0.717, 1.165) is 16.8 Å². The highest BCUT2D eigenvalue weighted by molar-refractivity contribution is 6.05. The minimum absolute atomic E-state index is 0.0841. The number of aliphatic hydroxyl groups excluding tert-OH is 1. The molecule has 1 aromatic rings. The van der Waals surface area contributed by atoms with Gasteiger partial charge < -0.3 is 24.4 Å². The highest BCUT2D eigenvalue weighted by Crippen LogP contribution is 2.65. The third-order valence-electron chi connectivity index (χ3n) is 10.0. The Balaban J connectivity index is 1.86. The second-order valence-electron chi connectivity index (χ2n) is 12.3. The Labute approximate surface area is 250 Å². The summed E-state index contributed by atoms with van der Waals surface area (Å²) in [4.78, 5) is 46.6. The van der Waals surface area contributed by atoms with Crippen LogP contribution in [-0.4, -0.2) is 70.8 Å². The lowest BCUT2D eigenvalue weighted by atomic mass is 9.65. The summed E-state index contributed by atoms with van der Waals surface area (Å²) in [6.45, 7) is 17.7. The first-order chi connectivity index (χ1) is 20.1. The molecule has 0 aromatic heterocycles. The van der Waals surface area contributed by atoms with Gasteiger partial charge in [-0.2, -0.15) is 0 Å². The number of esters is 1. The van der Waals surface area contributed by atoms with E-state index < -0.39 is 41.1 Å². The van der Waals surface area contributed by atoms with E-state index in [9.17, 15) is 19.5 Å². The molecule has 1 aromatic carbocycles. The first kappa shape index (κ1) is 32.0. The summed E-state index contributed by atoms with van der Waals surface area (Å²) in [7, 11) is 0. The van der Waals surface area contributed by atoms with E-state index >= 15 is 0 Å². The summed E-state index contributed by atoms with van der Waals surface area (Å²) in [5, 5.41) is 10.6. The minimum atomic E-state index is -1.20. The summed E-state index contributed by atoms with van der Waals surface area (Å²) >= 11 is 0. The second kappa shape index (κ2) is 12.7. The smallest absolute Gasteiger partial charge is 0.312 e. The van der Waals surface area contributed by atoms with Crippen LogP contribution in [0, 0.1) is 31.6 Å². The number of ether oxygens (including phenoxy) is 2. The van der Waals surface area contributed by atoms with E-state index in [4.69, 9.17) is 9.47 Å². The molecule has 2 bridgehead atoms. The number of carbonyl (C=O) groups excluding carboxylic acids is 3. The van der Waals surface area contributed by atoms with Gasteiger partial charge in [0.1, 0.15) is 17.6 Å². The summed E-state index contributed by atoms with van der Waals surface area (Å²) in [6, 6.07) is 4.26. The molecule has 42 heavy (non-hydrogen) atoms. The Morgan fingerprint density at radius 2 is 1.90 bits per heavy atom. The molecule has 0 radical (unpaired) electrons. The Kier molecular flexibility index (Phi) is 9.68. The van der Waals surface area contributed by atoms with E-state index in [-0.39, 0.29) is 37.5 Å². The maximum atomic E-state index is 15.0. The molecule has 3 aliphatic rings. The van der Waals surface area contributed by atoms with Crippen molar-refractivity contribution in [1.29, 1.82) is 0 Å². The lowest BCUT2D eigenvalue weighted by Gasteiger charge is -2.41. The molecule has 230 valence electrons. The van der Waals surface area contributed by atoms with Gasteiger partial charge in [-0.25, -0.2) is 0 Å². The number of fused-ring (bicyclic) bond motifs is 1. The summed E-state index contributed by atoms with van der Waals surface area (Å²) in [5.41, 5.74) is 0.547. The van der Waals surface area contributed by atoms with Gasteiger partial charge >= 0.3 is 5.97 Å². The number of rotatable bonds is 14. The van der Waals surface area contributed by atoms with Crippen molar-refractivity contribution in [1.82, 2.24) is 4.90 Å². The first-order valence-electron chi connectivity index (χ1n) is 15.5. The number of carbonyl (C=O) groups is 3. The number of aryl methyl sites for hydroxylation is 2. The van der Waals surface area contributed by atoms with Gasteiger partial charge in [0.2, 0.25) is 5.91 Å². The summed E-state index contributed by atoms with van der Waals surface area (Å²) < 4.78 is 12.7. The SMILES string of the molecule is C=CCCCOC(=O)[C@H]1[C@H]2C(=O)N([C@@H](CO)[C@@H](C)CC)C(C(=O)N(CC=C)c3c(C)cccc3C)C23CC[C@]1(CC)O3. The molecule has 3 heterocycles. The number of allylic oxidation sites excluding steroid dienone is 1. The average molecular weight is 581 g/mol. The van der Waals surface area contributed by atoms with Crippen LogP contribution in [0.5, 0.6) is 0 Å². The highest BCUT2D eigenvalue weighted by atomic mass is 16.6. The van der Waals surface area contributed by atoms with Crippen LogP contribution in [0.1, 0.15) is 70.4 Å². The van der Waals surface area contributed by atoms with Crippen molar-refractivity contribution in [2.24, 2.45) is 17.8 Å². The van der Waals surface area contributed by atoms with Gasteiger partial charge in [-0.15, -0.1) is 13.2 Å². The largest absolute Gasteiger partial charge is 0.465 e. The molecular formula is C34H48N2O6. The van der Waals surface area contributed by atoms with Crippen molar-refractivity contribution in [3.63, 3.8) is 0 Å². The molecule has 8 nitrogen and oxygen atoms in total. The molecule has 7 atom stereocenters. The molecule has 2 amide bonds. The summed E-state index contributed by atoms with van der Waals surface area (Å²) in [6.07, 6.45) is 7.07. The van der Waals surface area contributed by atoms with Gasteiger partial charge in [-0.1, -0.05) is 57.5 Å². The van der Waals surface area contributed by atoms with Gasteiger partial charge in [0.25, 0.3) is 5.91 Å². The van der Waals surface area contributed by atoms with Gasteiger partial charge in [-0.05, 0) is 63.0 Å². The van der Waals surface area contributed by atoms with Gasteiger partial charge in [0, 0.05) is 12.2 Å². The molecule has 0 aliphatic carbocycles. The average Bonchev–Trinajstić information content (AvgIpc) is 3.58. The molecule has 1 N–H and O–H groups in total. The van der Waals surface area contributed by atoms with Gasteiger partial charge in [-0.3, -0.25) is 14.4 Å². The van der Waals surface area contributed by atoms with Crippen molar-refractivity contribution in [2.45, 2.75) is 96.4 Å². The van der Waals surface area contributed by atoms with Crippen molar-refractivity contribution in [3.8, 4) is 0 Å². The third kappa shape index (κ3) is 5.00. The van der Waals surface area contributed by atoms with E-state index in [1.54, 1.807) is 22.0 Å². The van der Waals surface area contributed by atoms with Crippen LogP contribution in [0.25, 0.3) is 0 Å². The molecule has 4 rings (SSSR count).